The lowest BCUT2D eigenvalue weighted by atomic mass is 10.1. The number of aryl methyl sites for hydroxylation is 3. The van der Waals surface area contributed by atoms with E-state index in [9.17, 15) is 0 Å². The minimum absolute atomic E-state index is 0.747. The molecule has 0 aliphatic carbocycles. The van der Waals surface area contributed by atoms with Crippen LogP contribution in [-0.4, -0.2) is 9.55 Å². The van der Waals surface area contributed by atoms with E-state index in [4.69, 9.17) is 12.2 Å². The second-order valence-electron chi connectivity index (χ2n) is 5.03. The molecule has 0 aliphatic heterocycles. The molecule has 0 bridgehead atoms. The molecule has 0 atom stereocenters. The van der Waals surface area contributed by atoms with Gasteiger partial charge in [-0.15, -0.1) is 0 Å². The second kappa shape index (κ2) is 4.35. The number of nitrogens with one attached hydrogen (secondary N) is 1. The summed E-state index contributed by atoms with van der Waals surface area (Å²) in [5.74, 6) is 0. The molecule has 0 radical (unpaired) electrons. The second-order valence-corrected chi connectivity index (χ2v) is 5.41. The standard InChI is InChI=1S/C16H16N2S/c1-10-7-8-14(12(3)9-10)18-15-11(2)5-4-6-13(15)17-16(18)19/h4-9H,1-3H3,(H,17,19). The highest BCUT2D eigenvalue weighted by atomic mass is 32.1. The largest absolute Gasteiger partial charge is 0.330 e. The summed E-state index contributed by atoms with van der Waals surface area (Å²) in [6, 6.07) is 12.7. The molecule has 2 aromatic carbocycles. The zero-order valence-electron chi connectivity index (χ0n) is 11.3. The first-order valence-electron chi connectivity index (χ1n) is 6.36. The molecule has 3 aromatic rings. The van der Waals surface area contributed by atoms with Crippen molar-refractivity contribution in [3.63, 3.8) is 0 Å². The number of rotatable bonds is 1. The number of aromatic nitrogens is 2. The summed E-state index contributed by atoms with van der Waals surface area (Å²) in [7, 11) is 0. The van der Waals surface area contributed by atoms with E-state index in [1.807, 2.05) is 0 Å². The molecule has 19 heavy (non-hydrogen) atoms. The zero-order valence-corrected chi connectivity index (χ0v) is 12.1. The highest BCUT2D eigenvalue weighted by Gasteiger charge is 2.10. The first-order chi connectivity index (χ1) is 9.08. The van der Waals surface area contributed by atoms with Crippen molar-refractivity contribution in [3.05, 3.63) is 57.9 Å². The normalized spacial score (nSPS) is 11.1. The monoisotopic (exact) mass is 268 g/mol. The summed E-state index contributed by atoms with van der Waals surface area (Å²) in [6.07, 6.45) is 0. The van der Waals surface area contributed by atoms with E-state index in [0.29, 0.717) is 0 Å². The highest BCUT2D eigenvalue weighted by Crippen LogP contribution is 2.25. The molecule has 0 fully saturated rings. The number of fused-ring (bicyclic) bond motifs is 1. The van der Waals surface area contributed by atoms with Gasteiger partial charge in [0.05, 0.1) is 16.7 Å². The van der Waals surface area contributed by atoms with E-state index >= 15 is 0 Å². The van der Waals surface area contributed by atoms with E-state index in [1.165, 1.54) is 22.2 Å². The molecular weight excluding hydrogens is 252 g/mol. The van der Waals surface area contributed by atoms with Gasteiger partial charge in [-0.1, -0.05) is 29.8 Å². The minimum Gasteiger partial charge on any atom is -0.330 e. The van der Waals surface area contributed by atoms with E-state index in [-0.39, 0.29) is 0 Å². The Morgan fingerprint density at radius 1 is 1.00 bits per heavy atom. The topological polar surface area (TPSA) is 20.7 Å². The van der Waals surface area contributed by atoms with E-state index in [1.54, 1.807) is 0 Å². The maximum absolute atomic E-state index is 5.49. The molecule has 0 unspecified atom stereocenters. The van der Waals surface area contributed by atoms with Gasteiger partial charge < -0.3 is 4.98 Å². The summed E-state index contributed by atoms with van der Waals surface area (Å²) < 4.78 is 2.88. The molecule has 1 heterocycles. The van der Waals surface area contributed by atoms with Gasteiger partial charge in [0.2, 0.25) is 0 Å². The molecule has 3 rings (SSSR count). The van der Waals surface area contributed by atoms with Crippen molar-refractivity contribution in [2.24, 2.45) is 0 Å². The van der Waals surface area contributed by atoms with Crippen LogP contribution in [0.4, 0.5) is 0 Å². The quantitative estimate of drug-likeness (QED) is 0.639. The van der Waals surface area contributed by atoms with Crippen LogP contribution in [0.1, 0.15) is 16.7 Å². The van der Waals surface area contributed by atoms with Gasteiger partial charge in [0.1, 0.15) is 0 Å². The van der Waals surface area contributed by atoms with Crippen LogP contribution in [0.2, 0.25) is 0 Å². The minimum atomic E-state index is 0.747. The zero-order chi connectivity index (χ0) is 13.6. The number of benzene rings is 2. The predicted molar refractivity (Wildman–Crippen MR) is 82.7 cm³/mol. The van der Waals surface area contributed by atoms with E-state index < -0.39 is 0 Å². The molecule has 2 nitrogen and oxygen atoms in total. The van der Waals surface area contributed by atoms with Gasteiger partial charge in [0.25, 0.3) is 0 Å². The van der Waals surface area contributed by atoms with Crippen molar-refractivity contribution >= 4 is 23.3 Å². The average Bonchev–Trinajstić information content (AvgIpc) is 2.67. The molecule has 0 aliphatic rings. The van der Waals surface area contributed by atoms with Gasteiger partial charge in [-0.2, -0.15) is 0 Å². The predicted octanol–water partition coefficient (Wildman–Crippen LogP) is 4.61. The number of para-hydroxylation sites is 1. The lowest BCUT2D eigenvalue weighted by molar-refractivity contribution is 1.04. The van der Waals surface area contributed by atoms with Crippen molar-refractivity contribution < 1.29 is 0 Å². The van der Waals surface area contributed by atoms with Crippen LogP contribution in [0.15, 0.2) is 36.4 Å². The fourth-order valence-electron chi connectivity index (χ4n) is 2.62. The molecule has 96 valence electrons. The Morgan fingerprint density at radius 3 is 2.53 bits per heavy atom. The Balaban J connectivity index is 2.42. The molecular formula is C16H16N2S. The Hall–Kier alpha value is -1.87. The number of imidazole rings is 1. The summed E-state index contributed by atoms with van der Waals surface area (Å²) in [4.78, 5) is 3.29. The molecule has 3 heteroatoms. The Morgan fingerprint density at radius 2 is 1.79 bits per heavy atom. The third kappa shape index (κ3) is 1.90. The van der Waals surface area contributed by atoms with Gasteiger partial charge >= 0.3 is 0 Å². The van der Waals surface area contributed by atoms with E-state index in [2.05, 4.69) is 66.7 Å². The highest BCUT2D eigenvalue weighted by molar-refractivity contribution is 7.71. The first-order valence-corrected chi connectivity index (χ1v) is 6.77. The van der Waals surface area contributed by atoms with Crippen LogP contribution in [0.25, 0.3) is 16.7 Å². The van der Waals surface area contributed by atoms with Gasteiger partial charge in [-0.05, 0) is 56.2 Å². The van der Waals surface area contributed by atoms with Crippen LogP contribution < -0.4 is 0 Å². The number of nitrogens with zero attached hydrogens (tertiary/aromatic N) is 1. The number of H-pyrrole nitrogens is 1. The van der Waals surface area contributed by atoms with Crippen LogP contribution in [0.5, 0.6) is 0 Å². The van der Waals surface area contributed by atoms with E-state index in [0.717, 1.165) is 16.0 Å². The van der Waals surface area contributed by atoms with Gasteiger partial charge in [0.15, 0.2) is 4.77 Å². The molecule has 1 aromatic heterocycles. The summed E-state index contributed by atoms with van der Waals surface area (Å²) in [5.41, 5.74) is 7.13. The van der Waals surface area contributed by atoms with Gasteiger partial charge in [-0.25, -0.2) is 0 Å². The van der Waals surface area contributed by atoms with Gasteiger partial charge in [0, 0.05) is 0 Å². The Labute approximate surface area is 117 Å². The lowest BCUT2D eigenvalue weighted by Crippen LogP contribution is -1.98. The lowest BCUT2D eigenvalue weighted by Gasteiger charge is -2.10. The van der Waals surface area contributed by atoms with Crippen LogP contribution >= 0.6 is 12.2 Å². The molecule has 0 saturated carbocycles. The Bertz CT molecular complexity index is 824. The average molecular weight is 268 g/mol. The van der Waals surface area contributed by atoms with Crippen molar-refractivity contribution in [3.8, 4) is 5.69 Å². The Kier molecular flexibility index (Phi) is 2.79. The third-order valence-electron chi connectivity index (χ3n) is 3.50. The van der Waals surface area contributed by atoms with Crippen molar-refractivity contribution in [2.75, 3.05) is 0 Å². The maximum atomic E-state index is 5.49. The fourth-order valence-corrected chi connectivity index (χ4v) is 2.92. The fraction of sp³-hybridized carbons (Fsp3) is 0.188. The molecule has 0 saturated heterocycles. The molecule has 0 spiro atoms. The third-order valence-corrected chi connectivity index (χ3v) is 3.78. The maximum Gasteiger partial charge on any atom is 0.182 e. The van der Waals surface area contributed by atoms with Crippen molar-refractivity contribution in [2.45, 2.75) is 20.8 Å². The molecule has 0 amide bonds. The van der Waals surface area contributed by atoms with Crippen molar-refractivity contribution in [1.29, 1.82) is 0 Å². The number of aromatic amines is 1. The first kappa shape index (κ1) is 12.2. The van der Waals surface area contributed by atoms with Crippen LogP contribution in [0, 0.1) is 25.5 Å². The summed E-state index contributed by atoms with van der Waals surface area (Å²) >= 11 is 5.49. The summed E-state index contributed by atoms with van der Waals surface area (Å²) in [5, 5.41) is 0. The SMILES string of the molecule is Cc1ccc(-n2c(=S)[nH]c3cccc(C)c32)c(C)c1. The van der Waals surface area contributed by atoms with Crippen molar-refractivity contribution in [1.82, 2.24) is 9.55 Å². The van der Waals surface area contributed by atoms with Gasteiger partial charge in [-0.3, -0.25) is 4.57 Å². The number of hydrogen-bond acceptors (Lipinski definition) is 1. The van der Waals surface area contributed by atoms with Crippen LogP contribution in [-0.2, 0) is 0 Å². The van der Waals surface area contributed by atoms with Crippen LogP contribution in [0.3, 0.4) is 0 Å². The smallest absolute Gasteiger partial charge is 0.182 e. The molecule has 1 N–H and O–H groups in total. The number of hydrogen-bond donors (Lipinski definition) is 1. The summed E-state index contributed by atoms with van der Waals surface area (Å²) in [6.45, 7) is 6.35.